The Morgan fingerprint density at radius 3 is 2.32 bits per heavy atom. The molecule has 0 amide bonds. The number of alkyl halides is 3. The fourth-order valence-electron chi connectivity index (χ4n) is 1.16. The molecule has 0 aliphatic carbocycles. The smallest absolute Gasteiger partial charge is 0.234 e. The average molecular weight is 312 g/mol. The molecule has 1 atom stereocenters. The van der Waals surface area contributed by atoms with E-state index in [0.717, 1.165) is 24.4 Å². The molecule has 0 saturated heterocycles. The van der Waals surface area contributed by atoms with Crippen LogP contribution in [0.1, 0.15) is 31.9 Å². The van der Waals surface area contributed by atoms with Crippen LogP contribution in [0.25, 0.3) is 0 Å². The third kappa shape index (κ3) is 4.62. The summed E-state index contributed by atoms with van der Waals surface area (Å²) in [6.07, 6.45) is -3.55. The van der Waals surface area contributed by atoms with E-state index < -0.39 is 27.5 Å². The van der Waals surface area contributed by atoms with E-state index in [0.29, 0.717) is 0 Å². The van der Waals surface area contributed by atoms with Gasteiger partial charge >= 0.3 is 6.18 Å². The van der Waals surface area contributed by atoms with Crippen molar-refractivity contribution >= 4 is 28.8 Å². The zero-order valence-corrected chi connectivity index (χ0v) is 12.2. The van der Waals surface area contributed by atoms with E-state index in [9.17, 15) is 17.4 Å². The lowest BCUT2D eigenvalue weighted by Gasteiger charge is -2.13. The first-order chi connectivity index (χ1) is 8.51. The maximum Gasteiger partial charge on any atom is 0.417 e. The SMILES string of the molecule is CC(C)(C)[S@](=O)/N=C/c1cc(Cl)ccc1C(F)(F)F. The number of rotatable bonds is 2. The molecule has 0 heterocycles. The Bertz CT molecular complexity index is 521. The molecule has 1 rings (SSSR count). The van der Waals surface area contributed by atoms with Crippen LogP contribution in [0.3, 0.4) is 0 Å². The first kappa shape index (κ1) is 16.2. The maximum absolute atomic E-state index is 12.8. The minimum Gasteiger partial charge on any atom is -0.234 e. The van der Waals surface area contributed by atoms with Gasteiger partial charge in [0.15, 0.2) is 0 Å². The van der Waals surface area contributed by atoms with Crippen molar-refractivity contribution in [3.05, 3.63) is 34.3 Å². The van der Waals surface area contributed by atoms with Crippen LogP contribution in [-0.4, -0.2) is 15.2 Å². The molecule has 0 aromatic heterocycles. The molecule has 0 N–H and O–H groups in total. The standard InChI is InChI=1S/C12H13ClF3NOS/c1-11(2,3)19(18)17-7-8-6-9(13)4-5-10(8)12(14,15)16/h4-7H,1-3H3/b17-7+/t19-/m0/s1. The first-order valence-electron chi connectivity index (χ1n) is 5.34. The highest BCUT2D eigenvalue weighted by Crippen LogP contribution is 2.32. The number of hydrogen-bond acceptors (Lipinski definition) is 1. The summed E-state index contributed by atoms with van der Waals surface area (Å²) < 4.78 is 53.0. The molecule has 19 heavy (non-hydrogen) atoms. The monoisotopic (exact) mass is 311 g/mol. The van der Waals surface area contributed by atoms with Crippen LogP contribution < -0.4 is 0 Å². The second-order valence-corrected chi connectivity index (χ2v) is 7.20. The second-order valence-electron chi connectivity index (χ2n) is 4.83. The third-order valence-electron chi connectivity index (χ3n) is 2.13. The molecule has 0 fully saturated rings. The molecule has 106 valence electrons. The summed E-state index contributed by atoms with van der Waals surface area (Å²) in [7, 11) is -1.62. The molecule has 0 aliphatic rings. The number of nitrogens with zero attached hydrogens (tertiary/aromatic N) is 1. The van der Waals surface area contributed by atoms with Crippen molar-refractivity contribution in [1.82, 2.24) is 0 Å². The molecule has 0 bridgehead atoms. The Morgan fingerprint density at radius 2 is 1.84 bits per heavy atom. The predicted molar refractivity (Wildman–Crippen MR) is 71.9 cm³/mol. The molecule has 2 nitrogen and oxygen atoms in total. The van der Waals surface area contributed by atoms with Crippen LogP contribution in [0.5, 0.6) is 0 Å². The summed E-state index contributed by atoms with van der Waals surface area (Å²) in [6.45, 7) is 5.05. The third-order valence-corrected chi connectivity index (χ3v) is 3.71. The molecule has 0 saturated carbocycles. The van der Waals surface area contributed by atoms with Crippen LogP contribution in [0.2, 0.25) is 5.02 Å². The minimum absolute atomic E-state index is 0.163. The van der Waals surface area contributed by atoms with Gasteiger partial charge in [0.05, 0.1) is 10.3 Å². The van der Waals surface area contributed by atoms with Gasteiger partial charge in [-0.3, -0.25) is 0 Å². The quantitative estimate of drug-likeness (QED) is 0.751. The normalized spacial score (nSPS) is 14.9. The van der Waals surface area contributed by atoms with Crippen molar-refractivity contribution in [3.63, 3.8) is 0 Å². The fourth-order valence-corrected chi connectivity index (χ4v) is 1.87. The van der Waals surface area contributed by atoms with Gasteiger partial charge in [-0.2, -0.15) is 17.6 Å². The van der Waals surface area contributed by atoms with Crippen LogP contribution in [-0.2, 0) is 17.2 Å². The van der Waals surface area contributed by atoms with Gasteiger partial charge in [-0.1, -0.05) is 11.6 Å². The van der Waals surface area contributed by atoms with Gasteiger partial charge in [-0.05, 0) is 39.0 Å². The Hall–Kier alpha value is -0.880. The molecular weight excluding hydrogens is 299 g/mol. The van der Waals surface area contributed by atoms with Crippen molar-refractivity contribution in [1.29, 1.82) is 0 Å². The summed E-state index contributed by atoms with van der Waals surface area (Å²) >= 11 is 5.67. The molecule has 1 aromatic rings. The van der Waals surface area contributed by atoms with Gasteiger partial charge in [-0.15, -0.1) is 0 Å². The lowest BCUT2D eigenvalue weighted by molar-refractivity contribution is -0.137. The zero-order valence-electron chi connectivity index (χ0n) is 10.6. The molecule has 1 aromatic carbocycles. The van der Waals surface area contributed by atoms with Crippen molar-refractivity contribution in [2.45, 2.75) is 31.7 Å². The fraction of sp³-hybridized carbons (Fsp3) is 0.417. The van der Waals surface area contributed by atoms with Gasteiger partial charge in [-0.25, -0.2) is 4.21 Å². The second kappa shape index (κ2) is 5.63. The molecular formula is C12H13ClF3NOS. The van der Waals surface area contributed by atoms with Gasteiger partial charge in [0, 0.05) is 16.8 Å². The van der Waals surface area contributed by atoms with Gasteiger partial charge in [0.25, 0.3) is 0 Å². The van der Waals surface area contributed by atoms with E-state index in [1.165, 1.54) is 0 Å². The van der Waals surface area contributed by atoms with Crippen molar-refractivity contribution < 1.29 is 17.4 Å². The van der Waals surface area contributed by atoms with E-state index in [2.05, 4.69) is 4.40 Å². The topological polar surface area (TPSA) is 29.4 Å². The van der Waals surface area contributed by atoms with E-state index >= 15 is 0 Å². The molecule has 0 aliphatic heterocycles. The molecule has 0 spiro atoms. The zero-order chi connectivity index (χ0) is 14.8. The molecule has 0 radical (unpaired) electrons. The van der Waals surface area contributed by atoms with E-state index in [-0.39, 0.29) is 10.6 Å². The number of hydrogen-bond donors (Lipinski definition) is 0. The van der Waals surface area contributed by atoms with Crippen LogP contribution in [0.15, 0.2) is 22.6 Å². The minimum atomic E-state index is -4.50. The van der Waals surface area contributed by atoms with E-state index in [1.54, 1.807) is 20.8 Å². The summed E-state index contributed by atoms with van der Waals surface area (Å²) in [5.41, 5.74) is -1.05. The lowest BCUT2D eigenvalue weighted by atomic mass is 10.1. The van der Waals surface area contributed by atoms with E-state index in [4.69, 9.17) is 11.6 Å². The van der Waals surface area contributed by atoms with Gasteiger partial charge in [0.2, 0.25) is 0 Å². The summed E-state index contributed by atoms with van der Waals surface area (Å²) in [5, 5.41) is 0.163. The van der Waals surface area contributed by atoms with Crippen molar-refractivity contribution in [2.75, 3.05) is 0 Å². The highest BCUT2D eigenvalue weighted by Gasteiger charge is 2.33. The highest BCUT2D eigenvalue weighted by molar-refractivity contribution is 7.85. The maximum atomic E-state index is 12.8. The van der Waals surface area contributed by atoms with Crippen LogP contribution in [0.4, 0.5) is 13.2 Å². The summed E-state index contributed by atoms with van der Waals surface area (Å²) in [6, 6.07) is 3.18. The number of halogens is 4. The Morgan fingerprint density at radius 1 is 1.26 bits per heavy atom. The number of benzene rings is 1. The van der Waals surface area contributed by atoms with Crippen molar-refractivity contribution in [2.24, 2.45) is 4.40 Å². The Labute approximate surface area is 117 Å². The summed E-state index contributed by atoms with van der Waals surface area (Å²) in [4.78, 5) is 0. The lowest BCUT2D eigenvalue weighted by Crippen LogP contribution is -2.20. The van der Waals surface area contributed by atoms with Crippen LogP contribution in [0, 0.1) is 0 Å². The molecule has 0 unspecified atom stereocenters. The average Bonchev–Trinajstić information content (AvgIpc) is 2.22. The largest absolute Gasteiger partial charge is 0.417 e. The predicted octanol–water partition coefficient (Wildman–Crippen LogP) is 4.24. The van der Waals surface area contributed by atoms with Crippen molar-refractivity contribution in [3.8, 4) is 0 Å². The van der Waals surface area contributed by atoms with Gasteiger partial charge in [0.1, 0.15) is 11.0 Å². The Balaban J connectivity index is 3.17. The van der Waals surface area contributed by atoms with Crippen LogP contribution >= 0.6 is 11.6 Å². The highest BCUT2D eigenvalue weighted by atomic mass is 35.5. The van der Waals surface area contributed by atoms with Gasteiger partial charge < -0.3 is 0 Å². The Kier molecular flexibility index (Phi) is 4.79. The molecule has 7 heteroatoms. The van der Waals surface area contributed by atoms with E-state index in [1.807, 2.05) is 0 Å². The summed E-state index contributed by atoms with van der Waals surface area (Å²) in [5.74, 6) is 0. The first-order valence-corrected chi connectivity index (χ1v) is 6.83.